The van der Waals surface area contributed by atoms with E-state index in [1.807, 2.05) is 48.5 Å². The largest absolute Gasteiger partial charge is 0.422 e. The summed E-state index contributed by atoms with van der Waals surface area (Å²) in [5.74, 6) is -1.32. The number of ether oxygens (including phenoxy) is 2. The van der Waals surface area contributed by atoms with E-state index in [4.69, 9.17) is 9.47 Å². The molecule has 2 amide bonds. The van der Waals surface area contributed by atoms with Crippen LogP contribution in [-0.2, 0) is 19.2 Å². The van der Waals surface area contributed by atoms with Crippen molar-refractivity contribution in [3.8, 4) is 11.5 Å². The number of benzene rings is 3. The summed E-state index contributed by atoms with van der Waals surface area (Å²) in [6.45, 7) is 5.35. The number of hydrogen-bond donors (Lipinski definition) is 0. The Morgan fingerprint density at radius 2 is 0.933 bits per heavy atom. The predicted octanol–water partition coefficient (Wildman–Crippen LogP) is 6.81. The normalized spacial score (nSPS) is 19.6. The van der Waals surface area contributed by atoms with Crippen molar-refractivity contribution >= 4 is 57.4 Å². The summed E-state index contributed by atoms with van der Waals surface area (Å²) >= 11 is 0. The number of carbonyl (C=O) groups excluding carboxylic acids is 4. The van der Waals surface area contributed by atoms with E-state index in [9.17, 15) is 19.2 Å². The van der Waals surface area contributed by atoms with Gasteiger partial charge in [0.2, 0.25) is 0 Å². The standard InChI is InChI=1S/C37H34N2O6/c1-3-5-7-13-19-39-27-17-11-9-15-23(27)31(35(39)41)33-25-21-28-24(20-29(25)45-37(33)43)32(36(42)44-28)30-22-14-8-10-16-26(22)38(34(30)40)18-12-6-4-2/h8-11,14-17,20-21H,3-7,12-13,18-19H2,1-2H3/b32-30+,33-31+. The zero-order chi connectivity index (χ0) is 31.2. The zero-order valence-electron chi connectivity index (χ0n) is 25.5. The number of rotatable bonds is 9. The Hall–Kier alpha value is -4.98. The van der Waals surface area contributed by atoms with Gasteiger partial charge in [-0.05, 0) is 37.1 Å². The van der Waals surface area contributed by atoms with E-state index >= 15 is 0 Å². The van der Waals surface area contributed by atoms with E-state index < -0.39 is 11.9 Å². The Kier molecular flexibility index (Phi) is 7.36. The second kappa shape index (κ2) is 11.5. The van der Waals surface area contributed by atoms with Gasteiger partial charge >= 0.3 is 11.9 Å². The average Bonchev–Trinajstić information content (AvgIpc) is 3.70. The summed E-state index contributed by atoms with van der Waals surface area (Å²) in [6, 6.07) is 18.1. The summed E-state index contributed by atoms with van der Waals surface area (Å²) < 4.78 is 11.5. The maximum Gasteiger partial charge on any atom is 0.345 e. The first-order valence-electron chi connectivity index (χ1n) is 15.9. The van der Waals surface area contributed by atoms with Crippen molar-refractivity contribution in [2.75, 3.05) is 22.9 Å². The molecule has 0 saturated carbocycles. The molecule has 3 aromatic rings. The van der Waals surface area contributed by atoms with Crippen LogP contribution in [0.25, 0.3) is 22.3 Å². The van der Waals surface area contributed by atoms with Crippen molar-refractivity contribution in [3.63, 3.8) is 0 Å². The minimum atomic E-state index is -0.636. The minimum absolute atomic E-state index is 0.154. The highest BCUT2D eigenvalue weighted by atomic mass is 16.5. The lowest BCUT2D eigenvalue weighted by molar-refractivity contribution is -0.127. The highest BCUT2D eigenvalue weighted by Crippen LogP contribution is 2.51. The van der Waals surface area contributed by atoms with Crippen LogP contribution in [0.3, 0.4) is 0 Å². The molecular weight excluding hydrogens is 568 g/mol. The molecule has 0 fully saturated rings. The molecule has 0 atom stereocenters. The molecular formula is C37H34N2O6. The number of amides is 2. The van der Waals surface area contributed by atoms with Crippen molar-refractivity contribution in [1.29, 1.82) is 0 Å². The lowest BCUT2D eigenvalue weighted by atomic mass is 9.92. The summed E-state index contributed by atoms with van der Waals surface area (Å²) in [7, 11) is 0. The smallest absolute Gasteiger partial charge is 0.345 e. The second-order valence-corrected chi connectivity index (χ2v) is 11.8. The molecule has 0 spiro atoms. The number of carbonyl (C=O) groups is 4. The molecule has 8 heteroatoms. The maximum atomic E-state index is 13.9. The van der Waals surface area contributed by atoms with Crippen molar-refractivity contribution in [1.82, 2.24) is 0 Å². The van der Waals surface area contributed by atoms with Gasteiger partial charge in [-0.1, -0.05) is 82.3 Å². The van der Waals surface area contributed by atoms with E-state index in [1.54, 1.807) is 21.9 Å². The highest BCUT2D eigenvalue weighted by Gasteiger charge is 2.44. The van der Waals surface area contributed by atoms with Crippen molar-refractivity contribution < 1.29 is 28.7 Å². The lowest BCUT2D eigenvalue weighted by Gasteiger charge is -2.16. The van der Waals surface area contributed by atoms with Crippen LogP contribution in [0.15, 0.2) is 60.7 Å². The number of fused-ring (bicyclic) bond motifs is 4. The van der Waals surface area contributed by atoms with Gasteiger partial charge in [0.1, 0.15) is 11.5 Å². The third kappa shape index (κ3) is 4.58. The number of anilines is 2. The van der Waals surface area contributed by atoms with Crippen LogP contribution in [-0.4, -0.2) is 36.8 Å². The van der Waals surface area contributed by atoms with Crippen LogP contribution in [0.2, 0.25) is 0 Å². The predicted molar refractivity (Wildman–Crippen MR) is 173 cm³/mol. The zero-order valence-corrected chi connectivity index (χ0v) is 25.5. The highest BCUT2D eigenvalue weighted by molar-refractivity contribution is 6.48. The third-order valence-electron chi connectivity index (χ3n) is 9.00. The third-order valence-corrected chi connectivity index (χ3v) is 9.00. The molecule has 4 heterocycles. The van der Waals surface area contributed by atoms with Gasteiger partial charge in [-0.25, -0.2) is 9.59 Å². The lowest BCUT2D eigenvalue weighted by Crippen LogP contribution is -2.28. The fourth-order valence-corrected chi connectivity index (χ4v) is 6.82. The van der Waals surface area contributed by atoms with Crippen LogP contribution in [0.4, 0.5) is 11.4 Å². The number of esters is 2. The number of hydrogen-bond acceptors (Lipinski definition) is 6. The van der Waals surface area contributed by atoms with Crippen LogP contribution < -0.4 is 19.3 Å². The Morgan fingerprint density at radius 1 is 0.511 bits per heavy atom. The Morgan fingerprint density at radius 3 is 1.40 bits per heavy atom. The van der Waals surface area contributed by atoms with Gasteiger partial charge in [0.05, 0.1) is 33.7 Å². The molecule has 228 valence electrons. The maximum absolute atomic E-state index is 13.9. The van der Waals surface area contributed by atoms with Gasteiger partial charge in [-0.3, -0.25) is 9.59 Å². The monoisotopic (exact) mass is 602 g/mol. The average molecular weight is 603 g/mol. The van der Waals surface area contributed by atoms with Gasteiger partial charge in [0, 0.05) is 35.3 Å². The van der Waals surface area contributed by atoms with E-state index in [-0.39, 0.29) is 45.6 Å². The Balaban J connectivity index is 1.32. The van der Waals surface area contributed by atoms with Gasteiger partial charge in [0.15, 0.2) is 0 Å². The molecule has 3 aromatic carbocycles. The van der Waals surface area contributed by atoms with E-state index in [0.29, 0.717) is 35.3 Å². The number of para-hydroxylation sites is 2. The first-order valence-corrected chi connectivity index (χ1v) is 15.9. The van der Waals surface area contributed by atoms with Crippen LogP contribution >= 0.6 is 0 Å². The SMILES string of the molecule is CCCCCCN1C(=O)/C(=C2/C(=O)Oc3cc4c(cc32)OC(=O)/C4=C2/C(=O)N(CCCCC)c3ccccc32)c2ccccc21. The molecule has 7 rings (SSSR count). The summed E-state index contributed by atoms with van der Waals surface area (Å²) in [6.07, 6.45) is 6.91. The Labute approximate surface area is 261 Å². The fraction of sp³-hybridized carbons (Fsp3) is 0.297. The fourth-order valence-electron chi connectivity index (χ4n) is 6.82. The first kappa shape index (κ1) is 28.8. The molecule has 0 saturated heterocycles. The summed E-state index contributed by atoms with van der Waals surface area (Å²) in [5.41, 5.74) is 4.54. The molecule has 0 unspecified atom stereocenters. The van der Waals surface area contributed by atoms with Gasteiger partial charge in [-0.15, -0.1) is 0 Å². The van der Waals surface area contributed by atoms with Crippen LogP contribution in [0.1, 0.15) is 81.0 Å². The first-order chi connectivity index (χ1) is 21.9. The van der Waals surface area contributed by atoms with E-state index in [0.717, 1.165) is 56.3 Å². The molecule has 4 aliphatic rings. The van der Waals surface area contributed by atoms with Crippen molar-refractivity contribution in [3.05, 3.63) is 82.9 Å². The molecule has 0 N–H and O–H groups in total. The second-order valence-electron chi connectivity index (χ2n) is 11.8. The van der Waals surface area contributed by atoms with E-state index in [2.05, 4.69) is 13.8 Å². The van der Waals surface area contributed by atoms with Crippen LogP contribution in [0.5, 0.6) is 11.5 Å². The van der Waals surface area contributed by atoms with E-state index in [1.165, 1.54) is 0 Å². The number of nitrogens with zero attached hydrogens (tertiary/aromatic N) is 2. The van der Waals surface area contributed by atoms with Gasteiger partial charge in [0.25, 0.3) is 11.8 Å². The summed E-state index contributed by atoms with van der Waals surface area (Å²) in [5, 5.41) is 0. The minimum Gasteiger partial charge on any atom is -0.422 e. The molecule has 0 aromatic heterocycles. The van der Waals surface area contributed by atoms with Crippen molar-refractivity contribution in [2.45, 2.75) is 58.8 Å². The van der Waals surface area contributed by atoms with Gasteiger partial charge < -0.3 is 19.3 Å². The molecule has 0 bridgehead atoms. The molecule has 0 aliphatic carbocycles. The molecule has 4 aliphatic heterocycles. The molecule has 8 nitrogen and oxygen atoms in total. The topological polar surface area (TPSA) is 93.2 Å². The quantitative estimate of drug-likeness (QED) is 0.116. The van der Waals surface area contributed by atoms with Crippen molar-refractivity contribution in [2.24, 2.45) is 0 Å². The van der Waals surface area contributed by atoms with Crippen LogP contribution in [0, 0.1) is 0 Å². The molecule has 0 radical (unpaired) electrons. The van der Waals surface area contributed by atoms with Gasteiger partial charge in [-0.2, -0.15) is 0 Å². The number of unbranched alkanes of at least 4 members (excludes halogenated alkanes) is 5. The molecule has 45 heavy (non-hydrogen) atoms. The Bertz CT molecular complexity index is 1850. The summed E-state index contributed by atoms with van der Waals surface area (Å²) in [4.78, 5) is 58.1.